The van der Waals surface area contributed by atoms with Crippen molar-refractivity contribution in [3.63, 3.8) is 0 Å². The zero-order valence-corrected chi connectivity index (χ0v) is 76.0. The van der Waals surface area contributed by atoms with E-state index in [4.69, 9.17) is 0 Å². The second-order valence-electron chi connectivity index (χ2n) is 37.6. The molecule has 0 aliphatic heterocycles. The van der Waals surface area contributed by atoms with Crippen molar-refractivity contribution in [1.29, 1.82) is 0 Å². The van der Waals surface area contributed by atoms with Gasteiger partial charge in [0.2, 0.25) is 0 Å². The van der Waals surface area contributed by atoms with E-state index < -0.39 is 14.3 Å². The van der Waals surface area contributed by atoms with Gasteiger partial charge in [-0.25, -0.2) is 0 Å². The lowest BCUT2D eigenvalue weighted by Crippen LogP contribution is -2.26. The standard InChI is InChI=1S/C66H42N3OP.C60H44NOP/c70-71(47-33-36-64-58(39-47)52-26-12-15-29-61(52)67(64)43-18-4-1-5-19-43,48-34-37-65-59(40-48)53-27-13-16-30-62(53)68(65)44-20-6-2-7-21-44)46-32-35-51-55(38-46)49-24-10-11-25-50(49)56-41-60-54-28-14-17-31-63(54)69(66(60)42-57(51)56)45-22-8-3-9-23-45;1-59(2)53-23-13-10-20-44(53)50-33-39(27-30-55(50)59)63(62,40-28-31-56-51(34-40)45-21-11-14-24-54(45)60(56,3)4)38-26-29-43-47(32-38)41-18-8-9-19-42(41)48-35-52-46-22-12-15-25-57(46)61(58(52)36-49(43)48)37-16-6-5-7-17-37/h1-42H;5-36H,1-4H3. The van der Waals surface area contributed by atoms with E-state index in [0.29, 0.717) is 0 Å². The molecule has 0 N–H and O–H groups in total. The monoisotopic (exact) mass is 1750 g/mol. The molecule has 0 unspecified atom stereocenters. The molecular weight excluding hydrogens is 1660 g/mol. The van der Waals surface area contributed by atoms with Crippen LogP contribution in [0.3, 0.4) is 0 Å². The number of para-hydroxylation sites is 8. The lowest BCUT2D eigenvalue weighted by atomic mass is 9.82. The molecule has 2 aliphatic rings. The number of aromatic nitrogens is 4. The highest BCUT2D eigenvalue weighted by molar-refractivity contribution is 7.85. The number of fused-ring (bicyclic) bond motifs is 30. The fraction of sp³-hybridized carbons (Fsp3) is 0.0476. The van der Waals surface area contributed by atoms with E-state index in [1.165, 1.54) is 110 Å². The van der Waals surface area contributed by atoms with E-state index in [-0.39, 0.29) is 10.8 Å². The highest BCUT2D eigenvalue weighted by atomic mass is 31.2. The van der Waals surface area contributed by atoms with E-state index in [1.54, 1.807) is 0 Å². The largest absolute Gasteiger partial charge is 0.309 e. The zero-order chi connectivity index (χ0) is 89.2. The summed E-state index contributed by atoms with van der Waals surface area (Å²) < 4.78 is 44.0. The van der Waals surface area contributed by atoms with E-state index >= 15 is 9.13 Å². The van der Waals surface area contributed by atoms with Gasteiger partial charge in [0.15, 0.2) is 14.3 Å². The van der Waals surface area contributed by atoms with Gasteiger partial charge in [0.1, 0.15) is 0 Å². The minimum atomic E-state index is -3.64. The van der Waals surface area contributed by atoms with Crippen molar-refractivity contribution < 1.29 is 9.13 Å². The summed E-state index contributed by atoms with van der Waals surface area (Å²) in [7, 11) is -7.14. The molecule has 0 atom stereocenters. The van der Waals surface area contributed by atoms with Crippen molar-refractivity contribution in [3.8, 4) is 45.0 Å². The summed E-state index contributed by atoms with van der Waals surface area (Å²) in [4.78, 5) is 0. The summed E-state index contributed by atoms with van der Waals surface area (Å²) in [6, 6.07) is 161. The number of rotatable bonds is 10. The van der Waals surface area contributed by atoms with Gasteiger partial charge in [-0.05, 0) is 267 Å². The Morgan fingerprint density at radius 1 is 0.157 bits per heavy atom. The minimum Gasteiger partial charge on any atom is -0.309 e. The summed E-state index contributed by atoms with van der Waals surface area (Å²) >= 11 is 0. The molecule has 8 heteroatoms. The molecule has 0 fully saturated rings. The number of benzene rings is 22. The van der Waals surface area contributed by atoms with Crippen molar-refractivity contribution >= 4 is 198 Å². The lowest BCUT2D eigenvalue weighted by molar-refractivity contribution is 0.591. The smallest absolute Gasteiger partial charge is 0.171 e. The van der Waals surface area contributed by atoms with Crippen LogP contribution in [0.2, 0.25) is 0 Å². The third-order valence-electron chi connectivity index (χ3n) is 29.9. The topological polar surface area (TPSA) is 53.9 Å². The van der Waals surface area contributed by atoms with Gasteiger partial charge >= 0.3 is 0 Å². The second kappa shape index (κ2) is 29.3. The zero-order valence-electron chi connectivity index (χ0n) is 74.2. The fourth-order valence-corrected chi connectivity index (χ4v) is 29.0. The van der Waals surface area contributed by atoms with Gasteiger partial charge in [-0.15, -0.1) is 0 Å². The molecule has 4 aromatic heterocycles. The molecule has 134 heavy (non-hydrogen) atoms. The third-order valence-corrected chi connectivity index (χ3v) is 35.9. The van der Waals surface area contributed by atoms with Crippen LogP contribution in [0.25, 0.3) is 197 Å². The van der Waals surface area contributed by atoms with Crippen LogP contribution in [0.4, 0.5) is 0 Å². The van der Waals surface area contributed by atoms with Gasteiger partial charge in [-0.1, -0.05) is 319 Å². The van der Waals surface area contributed by atoms with Crippen LogP contribution in [0.1, 0.15) is 49.9 Å². The molecule has 0 radical (unpaired) electrons. The van der Waals surface area contributed by atoms with Crippen LogP contribution in [0.5, 0.6) is 0 Å². The number of nitrogens with zero attached hydrogens (tertiary/aromatic N) is 4. The fourth-order valence-electron chi connectivity index (χ4n) is 23.6. The molecule has 2 aliphatic carbocycles. The predicted octanol–water partition coefficient (Wildman–Crippen LogP) is 30.6. The van der Waals surface area contributed by atoms with Crippen LogP contribution >= 0.6 is 14.3 Å². The van der Waals surface area contributed by atoms with Crippen LogP contribution in [0.15, 0.2) is 449 Å². The molecule has 4 heterocycles. The van der Waals surface area contributed by atoms with Gasteiger partial charge in [0.25, 0.3) is 0 Å². The van der Waals surface area contributed by atoms with Gasteiger partial charge in [0, 0.05) is 108 Å². The molecule has 0 saturated carbocycles. The Bertz CT molecular complexity index is 9380. The van der Waals surface area contributed by atoms with Crippen LogP contribution < -0.4 is 31.8 Å². The Balaban J connectivity index is 0.000000137. The first-order valence-corrected chi connectivity index (χ1v) is 49.8. The molecule has 0 saturated heterocycles. The quantitative estimate of drug-likeness (QED) is 0.101. The maximum atomic E-state index is 17.4. The molecule has 22 aromatic carbocycles. The van der Waals surface area contributed by atoms with Crippen LogP contribution in [0, 0.1) is 0 Å². The van der Waals surface area contributed by atoms with Crippen LogP contribution in [-0.2, 0) is 20.0 Å². The van der Waals surface area contributed by atoms with E-state index in [9.17, 15) is 0 Å². The van der Waals surface area contributed by atoms with Gasteiger partial charge < -0.3 is 27.4 Å². The SMILES string of the molecule is CC1(C)c2ccccc2-c2cc(P(=O)(c3ccc4c(c3)-c3ccccc3C4(C)C)c3ccc4c(c3)c3ccccc3c3cc5c6ccccc6n(-c6ccccc6)c5cc43)ccc21.O=P(c1ccc2c(c1)c1ccccc1c1cc3c4ccccc4n(-c4ccccc4)c3cc21)(c1ccc2c(c1)c1ccccc1n2-c1ccccc1)c1ccc2c(c1)c1ccccc1n2-c1ccccc1. The van der Waals surface area contributed by atoms with Crippen molar-refractivity contribution in [2.24, 2.45) is 0 Å². The van der Waals surface area contributed by atoms with Crippen molar-refractivity contribution in [3.05, 3.63) is 471 Å². The maximum Gasteiger partial charge on any atom is 0.171 e. The first-order chi connectivity index (χ1) is 65.7. The Kier molecular flexibility index (Phi) is 17.0. The summed E-state index contributed by atoms with van der Waals surface area (Å²) in [5, 5.41) is 28.1. The summed E-state index contributed by atoms with van der Waals surface area (Å²) in [6.45, 7) is 9.23. The molecule has 6 nitrogen and oxygen atoms in total. The molecule has 26 aromatic rings. The predicted molar refractivity (Wildman–Crippen MR) is 569 cm³/mol. The van der Waals surface area contributed by atoms with Gasteiger partial charge in [-0.2, -0.15) is 0 Å². The molecule has 632 valence electrons. The summed E-state index contributed by atoms with van der Waals surface area (Å²) in [5.74, 6) is 0. The number of hydrogen-bond donors (Lipinski definition) is 0. The third kappa shape index (κ3) is 11.2. The first kappa shape index (κ1) is 78.0. The number of hydrogen-bond acceptors (Lipinski definition) is 2. The average molecular weight is 1750 g/mol. The van der Waals surface area contributed by atoms with Gasteiger partial charge in [0.05, 0.1) is 44.1 Å². The Labute approximate surface area is 774 Å². The second-order valence-corrected chi connectivity index (χ2v) is 43.1. The van der Waals surface area contributed by atoms with E-state index in [2.05, 4.69) is 495 Å². The molecular formula is C126H86N4O2P2. The maximum absolute atomic E-state index is 17.4. The Morgan fingerprint density at radius 3 is 0.709 bits per heavy atom. The highest BCUT2D eigenvalue weighted by Gasteiger charge is 2.42. The first-order valence-electron chi connectivity index (χ1n) is 46.4. The van der Waals surface area contributed by atoms with E-state index in [0.717, 1.165) is 141 Å². The minimum absolute atomic E-state index is 0.155. The lowest BCUT2D eigenvalue weighted by Gasteiger charge is -2.25. The van der Waals surface area contributed by atoms with Crippen molar-refractivity contribution in [1.82, 2.24) is 18.3 Å². The average Bonchev–Trinajstić information content (AvgIpc) is 1.30. The molecule has 0 spiro atoms. The van der Waals surface area contributed by atoms with Gasteiger partial charge in [-0.3, -0.25) is 0 Å². The normalized spacial score (nSPS) is 13.4. The van der Waals surface area contributed by atoms with Crippen molar-refractivity contribution in [2.75, 3.05) is 0 Å². The van der Waals surface area contributed by atoms with Crippen molar-refractivity contribution in [2.45, 2.75) is 38.5 Å². The Morgan fingerprint density at radius 2 is 0.373 bits per heavy atom. The molecule has 0 amide bonds. The summed E-state index contributed by atoms with van der Waals surface area (Å²) in [6.07, 6.45) is 0. The summed E-state index contributed by atoms with van der Waals surface area (Å²) in [5.41, 5.74) is 23.2. The highest BCUT2D eigenvalue weighted by Crippen LogP contribution is 2.56. The molecule has 0 bridgehead atoms. The Hall–Kier alpha value is -15.9. The van der Waals surface area contributed by atoms with Crippen LogP contribution in [-0.4, -0.2) is 18.3 Å². The van der Waals surface area contributed by atoms with E-state index in [1.807, 2.05) is 0 Å². The molecule has 28 rings (SSSR count).